The molecule has 1 aromatic carbocycles. The standard InChI is InChI=1S/C17H19F3N2O4/c1-2-15(24)21-7-11-3-5-12(6-4-11)16(25)22-8-13(10-23)26-14(9-22)17(18,19)20/h2-6,13-14,23H,1,7-10H2,(H,21,24). The maximum atomic E-state index is 12.9. The number of alkyl halides is 3. The predicted molar refractivity (Wildman–Crippen MR) is 86.2 cm³/mol. The molecule has 1 aliphatic heterocycles. The Hall–Kier alpha value is -2.39. The lowest BCUT2D eigenvalue weighted by atomic mass is 10.1. The van der Waals surface area contributed by atoms with Gasteiger partial charge in [0, 0.05) is 18.7 Å². The van der Waals surface area contributed by atoms with Crippen molar-refractivity contribution in [1.29, 1.82) is 0 Å². The Morgan fingerprint density at radius 2 is 1.96 bits per heavy atom. The number of nitrogens with one attached hydrogen (secondary N) is 1. The maximum absolute atomic E-state index is 12.9. The van der Waals surface area contributed by atoms with Crippen LogP contribution in [0.2, 0.25) is 0 Å². The van der Waals surface area contributed by atoms with E-state index >= 15 is 0 Å². The molecule has 0 aliphatic carbocycles. The molecule has 2 unspecified atom stereocenters. The molecule has 1 fully saturated rings. The van der Waals surface area contributed by atoms with E-state index in [1.54, 1.807) is 12.1 Å². The van der Waals surface area contributed by atoms with Gasteiger partial charge in [-0.15, -0.1) is 0 Å². The Labute approximate surface area is 148 Å². The number of aliphatic hydroxyl groups excluding tert-OH is 1. The summed E-state index contributed by atoms with van der Waals surface area (Å²) >= 11 is 0. The molecule has 9 heteroatoms. The molecule has 0 radical (unpaired) electrons. The van der Waals surface area contributed by atoms with Crippen LogP contribution in [0.25, 0.3) is 0 Å². The number of carbonyl (C=O) groups is 2. The molecule has 1 saturated heterocycles. The Morgan fingerprint density at radius 1 is 1.31 bits per heavy atom. The molecule has 2 N–H and O–H groups in total. The minimum Gasteiger partial charge on any atom is -0.394 e. The summed E-state index contributed by atoms with van der Waals surface area (Å²) in [6.07, 6.45) is -6.72. The van der Waals surface area contributed by atoms with Gasteiger partial charge in [0.15, 0.2) is 6.10 Å². The number of ether oxygens (including phenoxy) is 1. The highest BCUT2D eigenvalue weighted by Gasteiger charge is 2.46. The van der Waals surface area contributed by atoms with Crippen molar-refractivity contribution in [2.75, 3.05) is 19.7 Å². The van der Waals surface area contributed by atoms with Crippen molar-refractivity contribution in [2.45, 2.75) is 24.9 Å². The Balaban J connectivity index is 2.06. The maximum Gasteiger partial charge on any atom is 0.416 e. The van der Waals surface area contributed by atoms with Crippen molar-refractivity contribution in [3.63, 3.8) is 0 Å². The number of rotatable bonds is 5. The number of morpholine rings is 1. The largest absolute Gasteiger partial charge is 0.416 e. The predicted octanol–water partition coefficient (Wildman–Crippen LogP) is 1.25. The summed E-state index contributed by atoms with van der Waals surface area (Å²) in [4.78, 5) is 24.6. The minimum absolute atomic E-state index is 0.126. The van der Waals surface area contributed by atoms with E-state index < -0.39 is 37.4 Å². The average molecular weight is 372 g/mol. The van der Waals surface area contributed by atoms with Crippen molar-refractivity contribution in [3.05, 3.63) is 48.0 Å². The van der Waals surface area contributed by atoms with Crippen LogP contribution in [0.1, 0.15) is 15.9 Å². The van der Waals surface area contributed by atoms with Crippen LogP contribution in [0.3, 0.4) is 0 Å². The molecule has 2 amide bonds. The first kappa shape index (κ1) is 19.9. The quantitative estimate of drug-likeness (QED) is 0.763. The number of benzene rings is 1. The van der Waals surface area contributed by atoms with Crippen LogP contribution < -0.4 is 5.32 Å². The number of amides is 2. The van der Waals surface area contributed by atoms with Gasteiger partial charge in [-0.3, -0.25) is 9.59 Å². The third-order valence-electron chi connectivity index (χ3n) is 3.88. The SMILES string of the molecule is C=CC(=O)NCc1ccc(C(=O)N2CC(CO)OC(C(F)(F)F)C2)cc1. The molecule has 6 nitrogen and oxygen atoms in total. The van der Waals surface area contributed by atoms with Crippen molar-refractivity contribution >= 4 is 11.8 Å². The summed E-state index contributed by atoms with van der Waals surface area (Å²) in [5.74, 6) is -0.922. The monoisotopic (exact) mass is 372 g/mol. The lowest BCUT2D eigenvalue weighted by Gasteiger charge is -2.38. The molecular formula is C17H19F3N2O4. The van der Waals surface area contributed by atoms with Crippen molar-refractivity contribution in [3.8, 4) is 0 Å². The first-order valence-electron chi connectivity index (χ1n) is 7.86. The van der Waals surface area contributed by atoms with E-state index in [1.165, 1.54) is 12.1 Å². The van der Waals surface area contributed by atoms with Crippen molar-refractivity contribution < 1.29 is 32.6 Å². The van der Waals surface area contributed by atoms with Gasteiger partial charge < -0.3 is 20.1 Å². The van der Waals surface area contributed by atoms with Gasteiger partial charge in [-0.25, -0.2) is 0 Å². The zero-order valence-electron chi connectivity index (χ0n) is 13.8. The van der Waals surface area contributed by atoms with E-state index in [4.69, 9.17) is 9.84 Å². The third kappa shape index (κ3) is 5.06. The van der Waals surface area contributed by atoms with Crippen LogP contribution in [0, 0.1) is 0 Å². The number of halogens is 3. The van der Waals surface area contributed by atoms with Gasteiger partial charge in [0.05, 0.1) is 19.3 Å². The molecule has 26 heavy (non-hydrogen) atoms. The Morgan fingerprint density at radius 3 is 2.50 bits per heavy atom. The van der Waals surface area contributed by atoms with Crippen molar-refractivity contribution in [2.24, 2.45) is 0 Å². The van der Waals surface area contributed by atoms with Crippen molar-refractivity contribution in [1.82, 2.24) is 10.2 Å². The van der Waals surface area contributed by atoms with Crippen LogP contribution in [0.5, 0.6) is 0 Å². The fraction of sp³-hybridized carbons (Fsp3) is 0.412. The summed E-state index contributed by atoms with van der Waals surface area (Å²) in [5, 5.41) is 11.7. The van der Waals surface area contributed by atoms with Crippen LogP contribution in [-0.2, 0) is 16.1 Å². The van der Waals surface area contributed by atoms with E-state index in [0.717, 1.165) is 16.5 Å². The molecule has 142 valence electrons. The second-order valence-corrected chi connectivity index (χ2v) is 5.80. The van der Waals surface area contributed by atoms with Gasteiger partial charge in [0.25, 0.3) is 5.91 Å². The zero-order chi connectivity index (χ0) is 19.3. The number of nitrogens with zero attached hydrogens (tertiary/aromatic N) is 1. The molecular weight excluding hydrogens is 353 g/mol. The summed E-state index contributed by atoms with van der Waals surface area (Å²) in [5.41, 5.74) is 0.934. The number of aliphatic hydroxyl groups is 1. The number of carbonyl (C=O) groups excluding carboxylic acids is 2. The fourth-order valence-corrected chi connectivity index (χ4v) is 2.50. The van der Waals surface area contributed by atoms with Gasteiger partial charge in [0.1, 0.15) is 0 Å². The molecule has 2 atom stereocenters. The van der Waals surface area contributed by atoms with Gasteiger partial charge >= 0.3 is 6.18 Å². The van der Waals surface area contributed by atoms with E-state index in [1.807, 2.05) is 0 Å². The summed E-state index contributed by atoms with van der Waals surface area (Å²) in [6.45, 7) is 2.20. The van der Waals surface area contributed by atoms with Gasteiger partial charge in [-0.1, -0.05) is 18.7 Å². The molecule has 1 aromatic rings. The average Bonchev–Trinajstić information content (AvgIpc) is 2.64. The van der Waals surface area contributed by atoms with Gasteiger partial charge in [0.2, 0.25) is 5.91 Å². The smallest absolute Gasteiger partial charge is 0.394 e. The highest BCUT2D eigenvalue weighted by Crippen LogP contribution is 2.28. The summed E-state index contributed by atoms with van der Waals surface area (Å²) in [7, 11) is 0. The Bertz CT molecular complexity index is 661. The van der Waals surface area contributed by atoms with E-state index in [2.05, 4.69) is 11.9 Å². The van der Waals surface area contributed by atoms with Crippen LogP contribution >= 0.6 is 0 Å². The normalized spacial score (nSPS) is 20.5. The lowest BCUT2D eigenvalue weighted by molar-refractivity contribution is -0.252. The second-order valence-electron chi connectivity index (χ2n) is 5.80. The zero-order valence-corrected chi connectivity index (χ0v) is 13.8. The van der Waals surface area contributed by atoms with Crippen LogP contribution in [0.15, 0.2) is 36.9 Å². The fourth-order valence-electron chi connectivity index (χ4n) is 2.50. The summed E-state index contributed by atoms with van der Waals surface area (Å²) < 4.78 is 43.6. The first-order valence-corrected chi connectivity index (χ1v) is 7.86. The second kappa shape index (κ2) is 8.33. The summed E-state index contributed by atoms with van der Waals surface area (Å²) in [6, 6.07) is 6.15. The topological polar surface area (TPSA) is 78.9 Å². The highest BCUT2D eigenvalue weighted by atomic mass is 19.4. The molecule has 1 heterocycles. The third-order valence-corrected chi connectivity index (χ3v) is 3.88. The highest BCUT2D eigenvalue weighted by molar-refractivity contribution is 5.94. The first-order chi connectivity index (χ1) is 12.2. The lowest BCUT2D eigenvalue weighted by Crippen LogP contribution is -2.55. The number of hydrogen-bond donors (Lipinski definition) is 2. The van der Waals surface area contributed by atoms with Gasteiger partial charge in [-0.2, -0.15) is 13.2 Å². The molecule has 2 rings (SSSR count). The van der Waals surface area contributed by atoms with E-state index in [-0.39, 0.29) is 24.6 Å². The molecule has 0 aromatic heterocycles. The van der Waals surface area contributed by atoms with Crippen LogP contribution in [0.4, 0.5) is 13.2 Å². The van der Waals surface area contributed by atoms with Crippen LogP contribution in [-0.4, -0.2) is 59.9 Å². The molecule has 1 aliphatic rings. The molecule has 0 bridgehead atoms. The minimum atomic E-state index is -4.63. The van der Waals surface area contributed by atoms with Gasteiger partial charge in [-0.05, 0) is 23.8 Å². The Kier molecular flexibility index (Phi) is 6.38. The van der Waals surface area contributed by atoms with E-state index in [9.17, 15) is 22.8 Å². The number of hydrogen-bond acceptors (Lipinski definition) is 4. The molecule has 0 spiro atoms. The van der Waals surface area contributed by atoms with E-state index in [0.29, 0.717) is 0 Å². The molecule has 0 saturated carbocycles.